The molecule has 2 aromatic heterocycles. The van der Waals surface area contributed by atoms with Gasteiger partial charge in [-0.25, -0.2) is 4.98 Å². The lowest BCUT2D eigenvalue weighted by molar-refractivity contribution is 0.0592. The van der Waals surface area contributed by atoms with E-state index in [0.29, 0.717) is 34.8 Å². The first-order valence-corrected chi connectivity index (χ1v) is 11.9. The number of benzene rings is 2. The third-order valence-corrected chi connectivity index (χ3v) is 7.75. The first kappa shape index (κ1) is 19.7. The van der Waals surface area contributed by atoms with Gasteiger partial charge in [0, 0.05) is 30.6 Å². The molecule has 1 amide bonds. The number of carbonyl (C=O) groups excluding carboxylic acids is 1. The molecule has 0 bridgehead atoms. The molecule has 162 valence electrons. The van der Waals surface area contributed by atoms with Gasteiger partial charge in [-0.3, -0.25) is 4.79 Å². The van der Waals surface area contributed by atoms with E-state index >= 15 is 0 Å². The van der Waals surface area contributed by atoms with Crippen LogP contribution in [0.2, 0.25) is 5.02 Å². The Morgan fingerprint density at radius 3 is 2.81 bits per heavy atom. The SMILES string of the molecule is Cc1ccc(-n2nccn2)c(C(=O)N2CCC3CN(c4nc5cc(Cl)ccc5s4)C3C2)c1. The van der Waals surface area contributed by atoms with Gasteiger partial charge >= 0.3 is 0 Å². The molecular formula is C23H21ClN6OS. The van der Waals surface area contributed by atoms with Gasteiger partial charge in [0.1, 0.15) is 0 Å². The molecule has 2 aromatic carbocycles. The number of piperidine rings is 1. The summed E-state index contributed by atoms with van der Waals surface area (Å²) in [5.74, 6) is 0.627. The highest BCUT2D eigenvalue weighted by Gasteiger charge is 2.45. The van der Waals surface area contributed by atoms with E-state index in [2.05, 4.69) is 15.1 Å². The summed E-state index contributed by atoms with van der Waals surface area (Å²) in [4.78, 5) is 24.2. The number of rotatable bonds is 3. The lowest BCUT2D eigenvalue weighted by Gasteiger charge is -2.53. The van der Waals surface area contributed by atoms with Crippen LogP contribution in [0, 0.1) is 12.8 Å². The van der Waals surface area contributed by atoms with Gasteiger partial charge in [-0.1, -0.05) is 34.6 Å². The molecule has 2 saturated heterocycles. The van der Waals surface area contributed by atoms with Gasteiger partial charge in [-0.2, -0.15) is 15.0 Å². The van der Waals surface area contributed by atoms with Crippen molar-refractivity contribution in [2.45, 2.75) is 19.4 Å². The van der Waals surface area contributed by atoms with E-state index in [1.807, 2.05) is 48.2 Å². The molecule has 4 aromatic rings. The number of carbonyl (C=O) groups is 1. The van der Waals surface area contributed by atoms with E-state index in [0.717, 1.165) is 40.4 Å². The van der Waals surface area contributed by atoms with Crippen LogP contribution in [0.4, 0.5) is 5.13 Å². The zero-order valence-corrected chi connectivity index (χ0v) is 19.1. The number of anilines is 1. The van der Waals surface area contributed by atoms with Gasteiger partial charge in [0.15, 0.2) is 5.13 Å². The molecule has 4 heterocycles. The fraction of sp³-hybridized carbons (Fsp3) is 0.304. The van der Waals surface area contributed by atoms with Crippen molar-refractivity contribution < 1.29 is 4.79 Å². The van der Waals surface area contributed by atoms with E-state index in [1.165, 1.54) is 4.80 Å². The molecule has 2 atom stereocenters. The van der Waals surface area contributed by atoms with Gasteiger partial charge in [0.05, 0.1) is 39.9 Å². The fourth-order valence-corrected chi connectivity index (χ4v) is 5.90. The van der Waals surface area contributed by atoms with Crippen molar-refractivity contribution in [1.82, 2.24) is 24.9 Å². The highest BCUT2D eigenvalue weighted by molar-refractivity contribution is 7.22. The van der Waals surface area contributed by atoms with E-state index in [1.54, 1.807) is 23.7 Å². The molecule has 2 unspecified atom stereocenters. The minimum atomic E-state index is 0.0300. The number of likely N-dealkylation sites (tertiary alicyclic amines) is 1. The molecule has 0 saturated carbocycles. The summed E-state index contributed by atoms with van der Waals surface area (Å²) < 4.78 is 1.13. The average Bonchev–Trinajstić information content (AvgIpc) is 3.44. The predicted molar refractivity (Wildman–Crippen MR) is 126 cm³/mol. The summed E-state index contributed by atoms with van der Waals surface area (Å²) in [6.07, 6.45) is 4.25. The Hall–Kier alpha value is -2.97. The highest BCUT2D eigenvalue weighted by Crippen LogP contribution is 2.40. The molecule has 0 N–H and O–H groups in total. The van der Waals surface area contributed by atoms with Gasteiger partial charge < -0.3 is 9.80 Å². The molecule has 0 spiro atoms. The van der Waals surface area contributed by atoms with Crippen molar-refractivity contribution in [3.63, 3.8) is 0 Å². The van der Waals surface area contributed by atoms with Crippen LogP contribution in [0.5, 0.6) is 0 Å². The van der Waals surface area contributed by atoms with Gasteiger partial charge in [-0.15, -0.1) is 0 Å². The van der Waals surface area contributed by atoms with Crippen molar-refractivity contribution >= 4 is 44.2 Å². The third-order valence-electron chi connectivity index (χ3n) is 6.44. The fourth-order valence-electron chi connectivity index (χ4n) is 4.72. The Bertz CT molecular complexity index is 1320. The van der Waals surface area contributed by atoms with Crippen LogP contribution in [0.3, 0.4) is 0 Å². The number of amides is 1. The molecular weight excluding hydrogens is 444 g/mol. The summed E-state index contributed by atoms with van der Waals surface area (Å²) in [5.41, 5.74) is 3.32. The Balaban J connectivity index is 1.26. The molecule has 7 nitrogen and oxygen atoms in total. The van der Waals surface area contributed by atoms with Crippen LogP contribution in [0.25, 0.3) is 15.9 Å². The monoisotopic (exact) mass is 464 g/mol. The van der Waals surface area contributed by atoms with Crippen LogP contribution in [-0.4, -0.2) is 56.5 Å². The summed E-state index contributed by atoms with van der Waals surface area (Å²) in [5, 5.41) is 10.2. The van der Waals surface area contributed by atoms with Gasteiger partial charge in [-0.05, 0) is 43.7 Å². The van der Waals surface area contributed by atoms with Gasteiger partial charge in [0.25, 0.3) is 5.91 Å². The molecule has 2 aliphatic heterocycles. The Labute approximate surface area is 194 Å². The average molecular weight is 465 g/mol. The Kier molecular flexibility index (Phi) is 4.66. The quantitative estimate of drug-likeness (QED) is 0.454. The molecule has 9 heteroatoms. The number of hydrogen-bond acceptors (Lipinski definition) is 6. The first-order chi connectivity index (χ1) is 15.6. The van der Waals surface area contributed by atoms with E-state index in [4.69, 9.17) is 16.6 Å². The molecule has 2 fully saturated rings. The van der Waals surface area contributed by atoms with Crippen LogP contribution >= 0.6 is 22.9 Å². The number of hydrogen-bond donors (Lipinski definition) is 0. The molecule has 0 radical (unpaired) electrons. The minimum Gasteiger partial charge on any atom is -0.343 e. The second-order valence-electron chi connectivity index (χ2n) is 8.47. The zero-order chi connectivity index (χ0) is 21.8. The second-order valence-corrected chi connectivity index (χ2v) is 9.91. The number of aryl methyl sites for hydroxylation is 1. The summed E-state index contributed by atoms with van der Waals surface area (Å²) >= 11 is 7.82. The van der Waals surface area contributed by atoms with Crippen molar-refractivity contribution in [2.24, 2.45) is 5.92 Å². The van der Waals surface area contributed by atoms with Crippen LogP contribution in [0.1, 0.15) is 22.3 Å². The Morgan fingerprint density at radius 2 is 1.97 bits per heavy atom. The number of fused-ring (bicyclic) bond motifs is 2. The Morgan fingerprint density at radius 1 is 1.12 bits per heavy atom. The molecule has 2 aliphatic rings. The third kappa shape index (κ3) is 3.25. The lowest BCUT2D eigenvalue weighted by Crippen LogP contribution is -2.65. The summed E-state index contributed by atoms with van der Waals surface area (Å²) in [6, 6.07) is 12.0. The first-order valence-electron chi connectivity index (χ1n) is 10.7. The van der Waals surface area contributed by atoms with E-state index in [9.17, 15) is 4.79 Å². The summed E-state index contributed by atoms with van der Waals surface area (Å²) in [6.45, 7) is 4.45. The van der Waals surface area contributed by atoms with Crippen molar-refractivity contribution in [3.8, 4) is 5.69 Å². The lowest BCUT2D eigenvalue weighted by atomic mass is 9.82. The number of aromatic nitrogens is 4. The van der Waals surface area contributed by atoms with Crippen LogP contribution in [-0.2, 0) is 0 Å². The van der Waals surface area contributed by atoms with Crippen LogP contribution < -0.4 is 4.90 Å². The number of nitrogens with zero attached hydrogens (tertiary/aromatic N) is 6. The van der Waals surface area contributed by atoms with Crippen molar-refractivity contribution in [2.75, 3.05) is 24.5 Å². The molecule has 32 heavy (non-hydrogen) atoms. The van der Waals surface area contributed by atoms with Crippen molar-refractivity contribution in [1.29, 1.82) is 0 Å². The molecule has 0 aliphatic carbocycles. The van der Waals surface area contributed by atoms with Crippen molar-refractivity contribution in [3.05, 3.63) is 64.9 Å². The number of thiazole rings is 1. The highest BCUT2D eigenvalue weighted by atomic mass is 35.5. The maximum atomic E-state index is 13.6. The van der Waals surface area contributed by atoms with Crippen LogP contribution in [0.15, 0.2) is 48.8 Å². The standard InChI is InChI=1S/C23H21ClN6OS/c1-14-2-4-19(30-25-7-8-26-30)17(10-14)22(31)28-9-6-15-12-29(20(15)13-28)23-27-18-11-16(24)3-5-21(18)32-23/h2-5,7-8,10-11,15,20H,6,9,12-13H2,1H3. The second kappa shape index (κ2) is 7.56. The zero-order valence-electron chi connectivity index (χ0n) is 17.5. The van der Waals surface area contributed by atoms with E-state index in [-0.39, 0.29) is 5.91 Å². The predicted octanol–water partition coefficient (Wildman–Crippen LogP) is 4.19. The number of halogens is 1. The minimum absolute atomic E-state index is 0.0300. The topological polar surface area (TPSA) is 67.2 Å². The smallest absolute Gasteiger partial charge is 0.256 e. The summed E-state index contributed by atoms with van der Waals surface area (Å²) in [7, 11) is 0. The maximum absolute atomic E-state index is 13.6. The maximum Gasteiger partial charge on any atom is 0.256 e. The molecule has 6 rings (SSSR count). The van der Waals surface area contributed by atoms with E-state index < -0.39 is 0 Å². The largest absolute Gasteiger partial charge is 0.343 e. The van der Waals surface area contributed by atoms with Gasteiger partial charge in [0.2, 0.25) is 0 Å². The normalized spacial score (nSPS) is 20.3.